The van der Waals surface area contributed by atoms with Crippen molar-refractivity contribution in [1.82, 2.24) is 5.32 Å². The number of ether oxygens (including phenoxy) is 1. The molecule has 0 aliphatic rings. The maximum absolute atomic E-state index is 12.1. The normalized spacial score (nSPS) is 11.9. The van der Waals surface area contributed by atoms with Crippen molar-refractivity contribution in [2.24, 2.45) is 0 Å². The second-order valence-corrected chi connectivity index (χ2v) is 8.04. The van der Waals surface area contributed by atoms with Crippen LogP contribution < -0.4 is 10.1 Å². The highest BCUT2D eigenvalue weighted by Crippen LogP contribution is 2.28. The summed E-state index contributed by atoms with van der Waals surface area (Å²) in [5.74, 6) is 1.91. The molecule has 0 fully saturated rings. The van der Waals surface area contributed by atoms with Crippen LogP contribution in [0.3, 0.4) is 0 Å². The molecule has 0 aliphatic carbocycles. The van der Waals surface area contributed by atoms with Crippen LogP contribution >= 0.6 is 46.6 Å². The van der Waals surface area contributed by atoms with Gasteiger partial charge in [0.15, 0.2) is 6.10 Å². The monoisotopic (exact) mass is 431 g/mol. The highest BCUT2D eigenvalue weighted by atomic mass is 35.5. The highest BCUT2D eigenvalue weighted by Gasteiger charge is 2.14. The summed E-state index contributed by atoms with van der Waals surface area (Å²) in [6.45, 7) is 4.15. The maximum atomic E-state index is 12.1. The number of carbonyl (C=O) groups is 1. The quantitative estimate of drug-likeness (QED) is 0.538. The molecule has 0 spiro atoms. The van der Waals surface area contributed by atoms with Crippen molar-refractivity contribution in [3.05, 3.63) is 62.6 Å². The lowest BCUT2D eigenvalue weighted by Crippen LogP contribution is -2.37. The third-order valence-electron chi connectivity index (χ3n) is 3.67. The Bertz CT molecular complexity index is 750. The predicted molar refractivity (Wildman–Crippen MR) is 112 cm³/mol. The molecule has 1 amide bonds. The Hall–Kier alpha value is -1.07. The van der Waals surface area contributed by atoms with Crippen LogP contribution in [0.4, 0.5) is 0 Å². The number of halogens is 3. The Balaban J connectivity index is 1.71. The number of amides is 1. The summed E-state index contributed by atoms with van der Waals surface area (Å²) in [6, 6.07) is 10.8. The van der Waals surface area contributed by atoms with Gasteiger partial charge in [-0.25, -0.2) is 0 Å². The minimum Gasteiger partial charge on any atom is -0.481 e. The zero-order valence-electron chi connectivity index (χ0n) is 14.5. The molecule has 1 atom stereocenters. The molecule has 140 valence electrons. The van der Waals surface area contributed by atoms with E-state index in [4.69, 9.17) is 39.5 Å². The molecule has 1 N–H and O–H groups in total. The van der Waals surface area contributed by atoms with Gasteiger partial charge in [0.1, 0.15) is 5.75 Å². The minimum atomic E-state index is -0.585. The van der Waals surface area contributed by atoms with Crippen molar-refractivity contribution in [2.75, 3.05) is 12.3 Å². The number of hydrogen-bond acceptors (Lipinski definition) is 3. The van der Waals surface area contributed by atoms with E-state index in [0.29, 0.717) is 33.1 Å². The van der Waals surface area contributed by atoms with E-state index in [2.05, 4.69) is 5.32 Å². The number of thioether (sulfide) groups is 1. The van der Waals surface area contributed by atoms with E-state index in [0.717, 1.165) is 16.9 Å². The number of benzene rings is 2. The summed E-state index contributed by atoms with van der Waals surface area (Å²) in [4.78, 5) is 12.1. The molecule has 0 saturated heterocycles. The molecule has 2 aromatic carbocycles. The van der Waals surface area contributed by atoms with Gasteiger partial charge in [0, 0.05) is 33.1 Å². The molecule has 2 rings (SSSR count). The van der Waals surface area contributed by atoms with Crippen molar-refractivity contribution in [2.45, 2.75) is 25.7 Å². The molecule has 2 aromatic rings. The van der Waals surface area contributed by atoms with Gasteiger partial charge < -0.3 is 10.1 Å². The van der Waals surface area contributed by atoms with Crippen LogP contribution in [0.2, 0.25) is 15.1 Å². The van der Waals surface area contributed by atoms with E-state index < -0.39 is 6.10 Å². The number of rotatable bonds is 8. The van der Waals surface area contributed by atoms with Gasteiger partial charge in [-0.15, -0.1) is 0 Å². The minimum absolute atomic E-state index is 0.158. The highest BCUT2D eigenvalue weighted by molar-refractivity contribution is 7.98. The van der Waals surface area contributed by atoms with Gasteiger partial charge in [-0.3, -0.25) is 4.79 Å². The van der Waals surface area contributed by atoms with E-state index >= 15 is 0 Å². The second kappa shape index (κ2) is 10.3. The first-order valence-electron chi connectivity index (χ1n) is 8.09. The van der Waals surface area contributed by atoms with E-state index in [1.54, 1.807) is 30.8 Å². The smallest absolute Gasteiger partial charge is 0.260 e. The summed E-state index contributed by atoms with van der Waals surface area (Å²) in [5.41, 5.74) is 1.83. The fraction of sp³-hybridized carbons (Fsp3) is 0.316. The topological polar surface area (TPSA) is 38.3 Å². The van der Waals surface area contributed by atoms with Crippen molar-refractivity contribution in [3.8, 4) is 5.75 Å². The molecule has 26 heavy (non-hydrogen) atoms. The van der Waals surface area contributed by atoms with Gasteiger partial charge >= 0.3 is 0 Å². The van der Waals surface area contributed by atoms with Gasteiger partial charge in [0.2, 0.25) is 0 Å². The van der Waals surface area contributed by atoms with Gasteiger partial charge in [0.25, 0.3) is 5.91 Å². The van der Waals surface area contributed by atoms with Crippen LogP contribution in [0.1, 0.15) is 18.1 Å². The van der Waals surface area contributed by atoms with E-state index in [1.807, 2.05) is 31.2 Å². The average Bonchev–Trinajstić information content (AvgIpc) is 2.60. The molecular weight excluding hydrogens is 413 g/mol. The van der Waals surface area contributed by atoms with Gasteiger partial charge in [-0.05, 0) is 55.3 Å². The number of nitrogens with one attached hydrogen (secondary N) is 1. The summed E-state index contributed by atoms with van der Waals surface area (Å²) < 4.78 is 5.66. The third-order valence-corrected chi connectivity index (χ3v) is 5.78. The lowest BCUT2D eigenvalue weighted by atomic mass is 10.2. The molecule has 0 heterocycles. The molecule has 0 saturated carbocycles. The SMILES string of the molecule is Cc1cc(O[C@@H](C)C(=O)NCCSCc2c(Cl)cccc2Cl)ccc1Cl. The Morgan fingerprint density at radius 2 is 1.85 bits per heavy atom. The summed E-state index contributed by atoms with van der Waals surface area (Å²) in [7, 11) is 0. The lowest BCUT2D eigenvalue weighted by Gasteiger charge is -2.15. The van der Waals surface area contributed by atoms with Crippen molar-refractivity contribution >= 4 is 52.5 Å². The Morgan fingerprint density at radius 3 is 2.50 bits per heavy atom. The molecule has 7 heteroatoms. The number of hydrogen-bond donors (Lipinski definition) is 1. The van der Waals surface area contributed by atoms with Gasteiger partial charge in [-0.2, -0.15) is 11.8 Å². The summed E-state index contributed by atoms with van der Waals surface area (Å²) in [5, 5.41) is 4.86. The van der Waals surface area contributed by atoms with E-state index in [9.17, 15) is 4.79 Å². The van der Waals surface area contributed by atoms with Crippen LogP contribution in [0.5, 0.6) is 5.75 Å². The van der Waals surface area contributed by atoms with E-state index in [-0.39, 0.29) is 5.91 Å². The molecular formula is C19H20Cl3NO2S. The predicted octanol–water partition coefficient (Wildman–Crippen LogP) is 5.77. The molecule has 0 bridgehead atoms. The fourth-order valence-electron chi connectivity index (χ4n) is 2.18. The van der Waals surface area contributed by atoms with Crippen molar-refractivity contribution in [3.63, 3.8) is 0 Å². The molecule has 0 radical (unpaired) electrons. The van der Waals surface area contributed by atoms with Crippen LogP contribution in [-0.4, -0.2) is 24.3 Å². The van der Waals surface area contributed by atoms with Crippen LogP contribution in [-0.2, 0) is 10.5 Å². The molecule has 0 aromatic heterocycles. The lowest BCUT2D eigenvalue weighted by molar-refractivity contribution is -0.127. The third kappa shape index (κ3) is 6.27. The summed E-state index contributed by atoms with van der Waals surface area (Å²) >= 11 is 19.9. The second-order valence-electron chi connectivity index (χ2n) is 5.71. The zero-order valence-corrected chi connectivity index (χ0v) is 17.6. The van der Waals surface area contributed by atoms with Crippen LogP contribution in [0.15, 0.2) is 36.4 Å². The molecule has 0 unspecified atom stereocenters. The Labute approximate surface area is 173 Å². The largest absolute Gasteiger partial charge is 0.481 e. The van der Waals surface area contributed by atoms with Crippen molar-refractivity contribution in [1.29, 1.82) is 0 Å². The summed E-state index contributed by atoms with van der Waals surface area (Å²) in [6.07, 6.45) is -0.585. The van der Waals surface area contributed by atoms with Crippen LogP contribution in [0.25, 0.3) is 0 Å². The Morgan fingerprint density at radius 1 is 1.15 bits per heavy atom. The van der Waals surface area contributed by atoms with Gasteiger partial charge in [-0.1, -0.05) is 40.9 Å². The Kier molecular flexibility index (Phi) is 8.42. The zero-order chi connectivity index (χ0) is 19.1. The van der Waals surface area contributed by atoms with E-state index in [1.165, 1.54) is 0 Å². The fourth-order valence-corrected chi connectivity index (χ4v) is 3.90. The standard InChI is InChI=1S/C19H20Cl3NO2S/c1-12-10-14(6-7-16(12)20)25-13(2)19(24)23-8-9-26-11-15-17(21)4-3-5-18(15)22/h3-7,10,13H,8-9,11H2,1-2H3,(H,23,24)/t13-/m0/s1. The van der Waals surface area contributed by atoms with Crippen LogP contribution in [0, 0.1) is 6.92 Å². The first kappa shape index (κ1) is 21.2. The number of carbonyl (C=O) groups excluding carboxylic acids is 1. The average molecular weight is 433 g/mol. The number of aryl methyl sites for hydroxylation is 1. The van der Waals surface area contributed by atoms with Gasteiger partial charge in [0.05, 0.1) is 0 Å². The maximum Gasteiger partial charge on any atom is 0.260 e. The molecule has 0 aliphatic heterocycles. The first-order valence-corrected chi connectivity index (χ1v) is 10.4. The van der Waals surface area contributed by atoms with Crippen molar-refractivity contribution < 1.29 is 9.53 Å². The molecule has 3 nitrogen and oxygen atoms in total. The first-order chi connectivity index (χ1) is 12.4.